The van der Waals surface area contributed by atoms with Crippen LogP contribution in [-0.2, 0) is 6.42 Å². The van der Waals surface area contributed by atoms with Crippen molar-refractivity contribution in [2.75, 3.05) is 0 Å². The van der Waals surface area contributed by atoms with E-state index >= 15 is 0 Å². The van der Waals surface area contributed by atoms with E-state index in [9.17, 15) is 0 Å². The van der Waals surface area contributed by atoms with Crippen molar-refractivity contribution >= 4 is 34.8 Å². The van der Waals surface area contributed by atoms with Gasteiger partial charge >= 0.3 is 0 Å². The minimum atomic E-state index is 0.165. The lowest BCUT2D eigenvalue weighted by Gasteiger charge is -2.06. The minimum absolute atomic E-state index is 0.165. The SMILES string of the molecule is N#CCc1nc(-c2ccc(Cl)cc2Cl)ccc1Cl. The number of rotatable bonds is 2. The number of benzene rings is 1. The molecule has 2 aromatic rings. The largest absolute Gasteiger partial charge is 0.250 e. The van der Waals surface area contributed by atoms with Gasteiger partial charge in [0.1, 0.15) is 0 Å². The zero-order valence-electron chi connectivity index (χ0n) is 9.12. The van der Waals surface area contributed by atoms with E-state index in [1.807, 2.05) is 6.07 Å². The molecule has 0 fully saturated rings. The fourth-order valence-electron chi connectivity index (χ4n) is 1.53. The number of nitrogens with zero attached hydrogens (tertiary/aromatic N) is 2. The summed E-state index contributed by atoms with van der Waals surface area (Å²) in [5, 5.41) is 10.3. The fourth-order valence-corrected chi connectivity index (χ4v) is 2.21. The van der Waals surface area contributed by atoms with Crippen LogP contribution in [0.25, 0.3) is 11.3 Å². The average Bonchev–Trinajstić information content (AvgIpc) is 2.33. The summed E-state index contributed by atoms with van der Waals surface area (Å²) in [6, 6.07) is 10.7. The molecule has 0 aliphatic carbocycles. The van der Waals surface area contributed by atoms with Crippen molar-refractivity contribution in [3.8, 4) is 17.3 Å². The summed E-state index contributed by atoms with van der Waals surface area (Å²) in [5.74, 6) is 0. The highest BCUT2D eigenvalue weighted by Gasteiger charge is 2.09. The van der Waals surface area contributed by atoms with Gasteiger partial charge in [-0.1, -0.05) is 34.8 Å². The van der Waals surface area contributed by atoms with E-state index in [1.165, 1.54) is 0 Å². The van der Waals surface area contributed by atoms with Crippen molar-refractivity contribution in [1.29, 1.82) is 5.26 Å². The van der Waals surface area contributed by atoms with Gasteiger partial charge in [-0.05, 0) is 30.3 Å². The second kappa shape index (κ2) is 5.58. The average molecular weight is 298 g/mol. The highest BCUT2D eigenvalue weighted by atomic mass is 35.5. The summed E-state index contributed by atoms with van der Waals surface area (Å²) in [4.78, 5) is 4.34. The smallest absolute Gasteiger partial charge is 0.0790 e. The van der Waals surface area contributed by atoms with Gasteiger partial charge < -0.3 is 0 Å². The van der Waals surface area contributed by atoms with Crippen LogP contribution in [0.4, 0.5) is 0 Å². The summed E-state index contributed by atoms with van der Waals surface area (Å²) in [5.41, 5.74) is 1.98. The Morgan fingerprint density at radius 1 is 1.06 bits per heavy atom. The Kier molecular flexibility index (Phi) is 4.08. The van der Waals surface area contributed by atoms with Crippen LogP contribution < -0.4 is 0 Å². The second-order valence-electron chi connectivity index (χ2n) is 3.58. The monoisotopic (exact) mass is 296 g/mol. The Hall–Kier alpha value is -1.27. The van der Waals surface area contributed by atoms with Crippen molar-refractivity contribution in [2.24, 2.45) is 0 Å². The van der Waals surface area contributed by atoms with E-state index in [0.717, 1.165) is 5.56 Å². The predicted molar refractivity (Wildman–Crippen MR) is 74.0 cm³/mol. The van der Waals surface area contributed by atoms with Crippen LogP contribution in [0.5, 0.6) is 0 Å². The molecule has 0 aliphatic rings. The Morgan fingerprint density at radius 3 is 2.50 bits per heavy atom. The van der Waals surface area contributed by atoms with E-state index in [4.69, 9.17) is 40.1 Å². The zero-order valence-corrected chi connectivity index (χ0v) is 11.4. The Balaban J connectivity index is 2.51. The van der Waals surface area contributed by atoms with Crippen LogP contribution in [0, 0.1) is 11.3 Å². The first-order valence-electron chi connectivity index (χ1n) is 5.09. The molecule has 0 atom stereocenters. The van der Waals surface area contributed by atoms with Crippen LogP contribution in [-0.4, -0.2) is 4.98 Å². The van der Waals surface area contributed by atoms with Gasteiger partial charge in [-0.2, -0.15) is 5.26 Å². The van der Waals surface area contributed by atoms with Crippen molar-refractivity contribution in [3.63, 3.8) is 0 Å². The molecule has 18 heavy (non-hydrogen) atoms. The molecule has 0 unspecified atom stereocenters. The fraction of sp³-hybridized carbons (Fsp3) is 0.0769. The Morgan fingerprint density at radius 2 is 1.83 bits per heavy atom. The van der Waals surface area contributed by atoms with Gasteiger partial charge in [-0.15, -0.1) is 0 Å². The standard InChI is InChI=1S/C13H7Cl3N2/c14-8-1-2-9(11(16)7-8)12-4-3-10(15)13(18-12)5-6-17/h1-4,7H,5H2. The summed E-state index contributed by atoms with van der Waals surface area (Å²) in [6.45, 7) is 0. The molecule has 0 aliphatic heterocycles. The maximum absolute atomic E-state index is 8.70. The highest BCUT2D eigenvalue weighted by Crippen LogP contribution is 2.30. The van der Waals surface area contributed by atoms with Gasteiger partial charge in [0, 0.05) is 10.6 Å². The van der Waals surface area contributed by atoms with Gasteiger partial charge in [0.25, 0.3) is 0 Å². The third kappa shape index (κ3) is 2.76. The first-order chi connectivity index (χ1) is 8.61. The van der Waals surface area contributed by atoms with Crippen LogP contribution in [0.15, 0.2) is 30.3 Å². The second-order valence-corrected chi connectivity index (χ2v) is 4.83. The van der Waals surface area contributed by atoms with Crippen LogP contribution in [0.2, 0.25) is 15.1 Å². The summed E-state index contributed by atoms with van der Waals surface area (Å²) < 4.78 is 0. The molecule has 1 aromatic carbocycles. The first-order valence-corrected chi connectivity index (χ1v) is 6.23. The topological polar surface area (TPSA) is 36.7 Å². The van der Waals surface area contributed by atoms with E-state index in [2.05, 4.69) is 4.98 Å². The van der Waals surface area contributed by atoms with Crippen molar-refractivity contribution < 1.29 is 0 Å². The van der Waals surface area contributed by atoms with E-state index in [0.29, 0.717) is 26.5 Å². The molecule has 0 bridgehead atoms. The van der Waals surface area contributed by atoms with Gasteiger partial charge in [-0.3, -0.25) is 4.98 Å². The lowest BCUT2D eigenvalue weighted by atomic mass is 10.1. The molecule has 0 radical (unpaired) electrons. The lowest BCUT2D eigenvalue weighted by Crippen LogP contribution is -1.93. The summed E-state index contributed by atoms with van der Waals surface area (Å²) in [6.07, 6.45) is 0.165. The number of nitriles is 1. The number of hydrogen-bond donors (Lipinski definition) is 0. The van der Waals surface area contributed by atoms with Gasteiger partial charge in [-0.25, -0.2) is 0 Å². The molecule has 0 saturated heterocycles. The Labute approximate surface area is 120 Å². The highest BCUT2D eigenvalue weighted by molar-refractivity contribution is 6.36. The third-order valence-electron chi connectivity index (χ3n) is 2.37. The van der Waals surface area contributed by atoms with E-state index in [1.54, 1.807) is 30.3 Å². The van der Waals surface area contributed by atoms with Gasteiger partial charge in [0.05, 0.1) is 33.9 Å². The number of aromatic nitrogens is 1. The molecule has 0 N–H and O–H groups in total. The first kappa shape index (κ1) is 13.2. The molecule has 1 aromatic heterocycles. The molecule has 90 valence electrons. The molecule has 2 rings (SSSR count). The lowest BCUT2D eigenvalue weighted by molar-refractivity contribution is 1.12. The molecular formula is C13H7Cl3N2. The molecule has 1 heterocycles. The predicted octanol–water partition coefficient (Wildman–Crippen LogP) is 4.77. The maximum Gasteiger partial charge on any atom is 0.0790 e. The van der Waals surface area contributed by atoms with Crippen molar-refractivity contribution in [3.05, 3.63) is 51.1 Å². The molecular weight excluding hydrogens is 291 g/mol. The molecule has 2 nitrogen and oxygen atoms in total. The Bertz CT molecular complexity index is 633. The summed E-state index contributed by atoms with van der Waals surface area (Å²) >= 11 is 17.9. The van der Waals surface area contributed by atoms with Crippen molar-refractivity contribution in [1.82, 2.24) is 4.98 Å². The van der Waals surface area contributed by atoms with E-state index in [-0.39, 0.29) is 6.42 Å². The third-order valence-corrected chi connectivity index (χ3v) is 3.26. The normalized spacial score (nSPS) is 10.1. The maximum atomic E-state index is 8.70. The van der Waals surface area contributed by atoms with Gasteiger partial charge in [0.15, 0.2) is 0 Å². The quantitative estimate of drug-likeness (QED) is 0.800. The molecule has 0 spiro atoms. The zero-order chi connectivity index (χ0) is 13.1. The number of pyridine rings is 1. The molecule has 5 heteroatoms. The minimum Gasteiger partial charge on any atom is -0.250 e. The molecule has 0 saturated carbocycles. The van der Waals surface area contributed by atoms with Crippen LogP contribution in [0.3, 0.4) is 0 Å². The molecule has 0 amide bonds. The van der Waals surface area contributed by atoms with Crippen molar-refractivity contribution in [2.45, 2.75) is 6.42 Å². The van der Waals surface area contributed by atoms with E-state index < -0.39 is 0 Å². The van der Waals surface area contributed by atoms with Crippen LogP contribution in [0.1, 0.15) is 5.69 Å². The summed E-state index contributed by atoms with van der Waals surface area (Å²) in [7, 11) is 0. The van der Waals surface area contributed by atoms with Gasteiger partial charge in [0.2, 0.25) is 0 Å². The number of halogens is 3. The number of hydrogen-bond acceptors (Lipinski definition) is 2. The van der Waals surface area contributed by atoms with Crippen LogP contribution >= 0.6 is 34.8 Å².